The van der Waals surface area contributed by atoms with Gasteiger partial charge in [-0.2, -0.15) is 0 Å². The molecular weight excluding hydrogens is 478 g/mol. The zero-order valence-corrected chi connectivity index (χ0v) is 19.9. The summed E-state index contributed by atoms with van der Waals surface area (Å²) >= 11 is 5.96. The second kappa shape index (κ2) is 11.0. The van der Waals surface area contributed by atoms with E-state index in [0.717, 1.165) is 25.7 Å². The van der Waals surface area contributed by atoms with Crippen molar-refractivity contribution < 1.29 is 28.2 Å². The molecule has 11 nitrogen and oxygen atoms in total. The first-order chi connectivity index (χ1) is 16.9. The van der Waals surface area contributed by atoms with Gasteiger partial charge in [-0.05, 0) is 43.9 Å². The van der Waals surface area contributed by atoms with Crippen LogP contribution in [0.15, 0.2) is 40.9 Å². The maximum Gasteiger partial charge on any atom is 0.320 e. The lowest BCUT2D eigenvalue weighted by atomic mass is 9.87. The molecule has 0 radical (unpaired) electrons. The molecule has 2 N–H and O–H groups in total. The molecule has 0 bridgehead atoms. The van der Waals surface area contributed by atoms with Gasteiger partial charge in [-0.25, -0.2) is 4.98 Å². The van der Waals surface area contributed by atoms with E-state index in [4.69, 9.17) is 30.2 Å². The third kappa shape index (κ3) is 6.18. The summed E-state index contributed by atoms with van der Waals surface area (Å²) in [4.78, 5) is 28.4. The van der Waals surface area contributed by atoms with Crippen LogP contribution >= 0.6 is 11.6 Å². The fourth-order valence-corrected chi connectivity index (χ4v) is 3.87. The van der Waals surface area contributed by atoms with Crippen molar-refractivity contribution in [3.8, 4) is 11.6 Å². The Labute approximate surface area is 206 Å². The number of anilines is 3. The fourth-order valence-electron chi connectivity index (χ4n) is 3.71. The third-order valence-electron chi connectivity index (χ3n) is 5.51. The number of carbonyl (C=O) groups is 2. The Bertz CT molecular complexity index is 1180. The third-order valence-corrected chi connectivity index (χ3v) is 5.75. The number of hydrogen-bond donors (Lipinski definition) is 2. The van der Waals surface area contributed by atoms with Crippen molar-refractivity contribution in [3.63, 3.8) is 0 Å². The number of esters is 1. The monoisotopic (exact) mass is 501 g/mol. The number of halogens is 1. The van der Waals surface area contributed by atoms with Crippen LogP contribution in [0.5, 0.6) is 11.6 Å². The van der Waals surface area contributed by atoms with Crippen molar-refractivity contribution in [2.45, 2.75) is 31.8 Å². The van der Waals surface area contributed by atoms with Gasteiger partial charge in [0.1, 0.15) is 11.9 Å². The van der Waals surface area contributed by atoms with Crippen molar-refractivity contribution in [2.75, 3.05) is 24.9 Å². The Morgan fingerprint density at radius 2 is 1.89 bits per heavy atom. The smallest absolute Gasteiger partial charge is 0.320 e. The van der Waals surface area contributed by atoms with Crippen LogP contribution in [-0.4, -0.2) is 47.4 Å². The number of pyridine rings is 1. The maximum absolute atomic E-state index is 12.5. The average molecular weight is 502 g/mol. The zero-order valence-electron chi connectivity index (χ0n) is 19.1. The lowest BCUT2D eigenvalue weighted by Crippen LogP contribution is -2.28. The van der Waals surface area contributed by atoms with E-state index in [1.54, 1.807) is 30.3 Å². The van der Waals surface area contributed by atoms with Crippen LogP contribution in [-0.2, 0) is 9.53 Å². The first kappa shape index (κ1) is 24.3. The number of aromatic nitrogens is 3. The molecule has 2 aromatic heterocycles. The van der Waals surface area contributed by atoms with E-state index in [1.807, 2.05) is 0 Å². The number of rotatable bonds is 8. The number of nitrogens with zero attached hydrogens (tertiary/aromatic N) is 3. The van der Waals surface area contributed by atoms with E-state index in [0.29, 0.717) is 28.0 Å². The topological polar surface area (TPSA) is 138 Å². The Morgan fingerprint density at radius 3 is 2.57 bits per heavy atom. The highest BCUT2D eigenvalue weighted by Gasteiger charge is 2.28. The van der Waals surface area contributed by atoms with Gasteiger partial charge >= 0.3 is 23.8 Å². The van der Waals surface area contributed by atoms with E-state index < -0.39 is 5.91 Å². The molecule has 1 aromatic carbocycles. The van der Waals surface area contributed by atoms with Gasteiger partial charge in [0.15, 0.2) is 0 Å². The summed E-state index contributed by atoms with van der Waals surface area (Å²) in [5.41, 5.74) is 0.981. The molecular formula is C23H24ClN5O6. The van der Waals surface area contributed by atoms with Gasteiger partial charge in [0.25, 0.3) is 0 Å². The van der Waals surface area contributed by atoms with Crippen molar-refractivity contribution in [3.05, 3.63) is 47.4 Å². The molecule has 0 atom stereocenters. The molecule has 0 spiro atoms. The predicted molar refractivity (Wildman–Crippen MR) is 126 cm³/mol. The molecule has 1 aliphatic carbocycles. The lowest BCUT2D eigenvalue weighted by Gasteiger charge is -2.27. The van der Waals surface area contributed by atoms with Crippen LogP contribution in [0.4, 0.5) is 17.4 Å². The number of ether oxygens (including phenoxy) is 3. The first-order valence-corrected chi connectivity index (χ1v) is 11.3. The zero-order chi connectivity index (χ0) is 24.8. The Kier molecular flexibility index (Phi) is 7.66. The van der Waals surface area contributed by atoms with E-state index >= 15 is 0 Å². The van der Waals surface area contributed by atoms with Crippen LogP contribution in [0.25, 0.3) is 0 Å². The van der Waals surface area contributed by atoms with E-state index in [2.05, 4.69) is 25.8 Å². The summed E-state index contributed by atoms with van der Waals surface area (Å²) in [5, 5.41) is 13.6. The SMILES string of the molecule is COC(=O)C1CCC(Oc2ccc(NC(=O)c3nnc(Nc4ccc(Cl)cc4OC)o3)cn2)CC1. The maximum atomic E-state index is 12.5. The van der Waals surface area contributed by atoms with Gasteiger partial charge in [0.05, 0.1) is 37.7 Å². The number of amides is 1. The van der Waals surface area contributed by atoms with Crippen LogP contribution in [0.2, 0.25) is 5.02 Å². The van der Waals surface area contributed by atoms with Crippen molar-refractivity contribution in [1.82, 2.24) is 15.2 Å². The molecule has 0 saturated heterocycles. The van der Waals surface area contributed by atoms with E-state index in [9.17, 15) is 9.59 Å². The molecule has 0 unspecified atom stereocenters. The molecule has 1 saturated carbocycles. The summed E-state index contributed by atoms with van der Waals surface area (Å²) in [7, 11) is 2.91. The number of methoxy groups -OCH3 is 2. The summed E-state index contributed by atoms with van der Waals surface area (Å²) in [6.07, 6.45) is 4.38. The molecule has 1 aliphatic rings. The number of carbonyl (C=O) groups excluding carboxylic acids is 2. The van der Waals surface area contributed by atoms with Crippen molar-refractivity contribution in [1.29, 1.82) is 0 Å². The number of hydrogen-bond acceptors (Lipinski definition) is 10. The first-order valence-electron chi connectivity index (χ1n) is 10.9. The molecule has 4 rings (SSSR count). The van der Waals surface area contributed by atoms with Gasteiger partial charge in [0, 0.05) is 17.2 Å². The van der Waals surface area contributed by atoms with E-state index in [1.165, 1.54) is 20.4 Å². The second-order valence-corrected chi connectivity index (χ2v) is 8.27. The molecule has 2 heterocycles. The van der Waals surface area contributed by atoms with Crippen LogP contribution in [0, 0.1) is 5.92 Å². The quantitative estimate of drug-likeness (QED) is 0.431. The molecule has 1 amide bonds. The summed E-state index contributed by atoms with van der Waals surface area (Å²) in [6.45, 7) is 0. The minimum absolute atomic E-state index is 0.0135. The standard InChI is InChI=1S/C23H24ClN5O6/c1-32-18-11-14(24)5-9-17(18)27-23-29-28-21(35-23)20(30)26-15-6-10-19(25-12-15)34-16-7-3-13(4-8-16)22(31)33-2/h5-6,9-13,16H,3-4,7-8H2,1-2H3,(H,26,30)(H,27,29). The van der Waals surface area contributed by atoms with Gasteiger partial charge in [-0.3, -0.25) is 9.59 Å². The Hall–Kier alpha value is -3.86. The van der Waals surface area contributed by atoms with Gasteiger partial charge in [-0.15, -0.1) is 5.10 Å². The van der Waals surface area contributed by atoms with Crippen molar-refractivity contribution >= 4 is 40.9 Å². The highest BCUT2D eigenvalue weighted by molar-refractivity contribution is 6.30. The van der Waals surface area contributed by atoms with Gasteiger partial charge in [-0.1, -0.05) is 16.7 Å². The normalized spacial score (nSPS) is 17.3. The largest absolute Gasteiger partial charge is 0.495 e. The van der Waals surface area contributed by atoms with Crippen LogP contribution in [0.3, 0.4) is 0 Å². The number of nitrogens with one attached hydrogen (secondary N) is 2. The Morgan fingerprint density at radius 1 is 1.09 bits per heavy atom. The molecule has 0 aliphatic heterocycles. The highest BCUT2D eigenvalue weighted by Crippen LogP contribution is 2.30. The summed E-state index contributed by atoms with van der Waals surface area (Å²) in [5.74, 6) is -0.153. The molecule has 35 heavy (non-hydrogen) atoms. The Balaban J connectivity index is 1.30. The minimum Gasteiger partial charge on any atom is -0.495 e. The van der Waals surface area contributed by atoms with E-state index in [-0.39, 0.29) is 29.9 Å². The molecule has 12 heteroatoms. The minimum atomic E-state index is -0.592. The predicted octanol–water partition coefficient (Wildman–Crippen LogP) is 4.23. The van der Waals surface area contributed by atoms with Gasteiger partial charge < -0.3 is 29.3 Å². The van der Waals surface area contributed by atoms with Crippen LogP contribution < -0.4 is 20.1 Å². The lowest BCUT2D eigenvalue weighted by molar-refractivity contribution is -0.147. The fraction of sp³-hybridized carbons (Fsp3) is 0.348. The molecule has 1 fully saturated rings. The number of benzene rings is 1. The summed E-state index contributed by atoms with van der Waals surface area (Å²) in [6, 6.07) is 8.32. The summed E-state index contributed by atoms with van der Waals surface area (Å²) < 4.78 is 21.4. The molecule has 3 aromatic rings. The van der Waals surface area contributed by atoms with Crippen molar-refractivity contribution in [2.24, 2.45) is 5.92 Å². The average Bonchev–Trinajstić information content (AvgIpc) is 3.35. The highest BCUT2D eigenvalue weighted by atomic mass is 35.5. The molecule has 184 valence electrons. The van der Waals surface area contributed by atoms with Crippen LogP contribution in [0.1, 0.15) is 36.4 Å². The second-order valence-electron chi connectivity index (χ2n) is 7.84. The van der Waals surface area contributed by atoms with Gasteiger partial charge in [0.2, 0.25) is 5.88 Å².